The van der Waals surface area contributed by atoms with Crippen molar-refractivity contribution in [2.75, 3.05) is 13.2 Å². The zero-order chi connectivity index (χ0) is 21.1. The Labute approximate surface area is 172 Å². The zero-order valence-electron chi connectivity index (χ0n) is 16.6. The van der Waals surface area contributed by atoms with Crippen LogP contribution in [0.3, 0.4) is 0 Å². The van der Waals surface area contributed by atoms with Crippen LogP contribution < -0.4 is 9.47 Å². The first kappa shape index (κ1) is 19.6. The fraction of sp³-hybridized carbons (Fsp3) is 0.350. The van der Waals surface area contributed by atoms with Gasteiger partial charge in [0.15, 0.2) is 24.2 Å². The molecule has 156 valence electrons. The number of carbonyl (C=O) groups is 2. The van der Waals surface area contributed by atoms with Gasteiger partial charge < -0.3 is 18.8 Å². The fourth-order valence-corrected chi connectivity index (χ4v) is 3.38. The second-order valence-corrected chi connectivity index (χ2v) is 6.98. The Morgan fingerprint density at radius 2 is 2.03 bits per heavy atom. The number of tetrazole rings is 1. The number of para-hydroxylation sites is 2. The van der Waals surface area contributed by atoms with Gasteiger partial charge in [-0.3, -0.25) is 9.59 Å². The molecular formula is C20H21N5O5. The average molecular weight is 411 g/mol. The molecule has 0 spiro atoms. The van der Waals surface area contributed by atoms with Crippen LogP contribution in [0.15, 0.2) is 36.7 Å². The van der Waals surface area contributed by atoms with Gasteiger partial charge >= 0.3 is 5.97 Å². The summed E-state index contributed by atoms with van der Waals surface area (Å²) in [5.74, 6) is 0.581. The monoisotopic (exact) mass is 411 g/mol. The van der Waals surface area contributed by atoms with Crippen molar-refractivity contribution < 1.29 is 23.8 Å². The molecule has 1 unspecified atom stereocenters. The molecule has 0 radical (unpaired) electrons. The maximum absolute atomic E-state index is 12.6. The molecule has 0 N–H and O–H groups in total. The van der Waals surface area contributed by atoms with Crippen molar-refractivity contribution >= 4 is 11.8 Å². The van der Waals surface area contributed by atoms with Crippen molar-refractivity contribution in [3.63, 3.8) is 0 Å². The maximum Gasteiger partial charge on any atom is 0.328 e. The normalized spacial score (nSPS) is 15.1. The standard InChI is InChI=1S/C20H21N5O5/c1-13-7-16(17(26)11-29-20(27)9-24-12-21-22-23-24)14(2)25(13)8-15-10-28-18-5-3-4-6-19(18)30-15/h3-7,12,15H,8-11H2,1-2H3. The number of rotatable bonds is 7. The maximum atomic E-state index is 12.6. The Kier molecular flexibility index (Phi) is 5.46. The third-order valence-electron chi connectivity index (χ3n) is 4.87. The van der Waals surface area contributed by atoms with Gasteiger partial charge in [0.2, 0.25) is 5.78 Å². The van der Waals surface area contributed by atoms with Crippen molar-refractivity contribution in [1.29, 1.82) is 0 Å². The Bertz CT molecular complexity index is 1060. The Morgan fingerprint density at radius 1 is 1.23 bits per heavy atom. The number of hydrogen-bond acceptors (Lipinski definition) is 8. The van der Waals surface area contributed by atoms with Crippen molar-refractivity contribution in [3.05, 3.63) is 53.6 Å². The predicted octanol–water partition coefficient (Wildman–Crippen LogP) is 1.36. The lowest BCUT2D eigenvalue weighted by Crippen LogP contribution is -2.33. The molecule has 0 aliphatic carbocycles. The summed E-state index contributed by atoms with van der Waals surface area (Å²) in [7, 11) is 0. The highest BCUT2D eigenvalue weighted by Crippen LogP contribution is 2.31. The van der Waals surface area contributed by atoms with E-state index >= 15 is 0 Å². The first-order chi connectivity index (χ1) is 14.5. The van der Waals surface area contributed by atoms with Crippen molar-refractivity contribution in [2.45, 2.75) is 33.0 Å². The van der Waals surface area contributed by atoms with Crippen LogP contribution in [-0.2, 0) is 22.6 Å². The van der Waals surface area contributed by atoms with Crippen LogP contribution in [0.25, 0.3) is 0 Å². The Hall–Kier alpha value is -3.69. The molecule has 2 aromatic heterocycles. The number of Topliss-reactive ketones (excluding diaryl/α,β-unsaturated/α-hetero) is 1. The smallest absolute Gasteiger partial charge is 0.328 e. The van der Waals surface area contributed by atoms with Crippen molar-refractivity contribution in [3.8, 4) is 11.5 Å². The Morgan fingerprint density at radius 3 is 2.80 bits per heavy atom. The molecule has 3 heterocycles. The molecule has 0 amide bonds. The second kappa shape index (κ2) is 8.36. The summed E-state index contributed by atoms with van der Waals surface area (Å²) in [6, 6.07) is 9.33. The number of fused-ring (bicyclic) bond motifs is 1. The lowest BCUT2D eigenvalue weighted by atomic mass is 10.1. The number of esters is 1. The van der Waals surface area contributed by atoms with Crippen LogP contribution in [0, 0.1) is 13.8 Å². The highest BCUT2D eigenvalue weighted by atomic mass is 16.6. The largest absolute Gasteiger partial charge is 0.486 e. The number of nitrogens with zero attached hydrogens (tertiary/aromatic N) is 5. The van der Waals surface area contributed by atoms with E-state index in [1.54, 1.807) is 6.07 Å². The molecular weight excluding hydrogens is 390 g/mol. The second-order valence-electron chi connectivity index (χ2n) is 6.98. The molecule has 1 aliphatic rings. The van der Waals surface area contributed by atoms with Gasteiger partial charge in [-0.1, -0.05) is 12.1 Å². The van der Waals surface area contributed by atoms with Gasteiger partial charge in [0.25, 0.3) is 0 Å². The van der Waals surface area contributed by atoms with Crippen LogP contribution in [-0.4, -0.2) is 55.8 Å². The minimum atomic E-state index is -0.587. The number of benzene rings is 1. The van der Waals surface area contributed by atoms with E-state index < -0.39 is 5.97 Å². The fourth-order valence-electron chi connectivity index (χ4n) is 3.38. The molecule has 0 saturated heterocycles. The number of ether oxygens (including phenoxy) is 3. The topological polar surface area (TPSA) is 110 Å². The van der Waals surface area contributed by atoms with E-state index in [-0.39, 0.29) is 25.0 Å². The van der Waals surface area contributed by atoms with Gasteiger partial charge in [0.1, 0.15) is 19.5 Å². The lowest BCUT2D eigenvalue weighted by Gasteiger charge is -2.27. The van der Waals surface area contributed by atoms with Crippen molar-refractivity contribution in [2.24, 2.45) is 0 Å². The highest BCUT2D eigenvalue weighted by Gasteiger charge is 2.24. The summed E-state index contributed by atoms with van der Waals surface area (Å²) in [5, 5.41) is 10.5. The highest BCUT2D eigenvalue weighted by molar-refractivity contribution is 5.99. The number of aryl methyl sites for hydroxylation is 1. The molecule has 30 heavy (non-hydrogen) atoms. The summed E-state index contributed by atoms with van der Waals surface area (Å²) in [4.78, 5) is 24.4. The molecule has 0 bridgehead atoms. The number of ketones is 1. The molecule has 4 rings (SSSR count). The molecule has 1 atom stereocenters. The molecule has 10 heteroatoms. The van der Waals surface area contributed by atoms with Crippen LogP contribution in [0.4, 0.5) is 0 Å². The minimum absolute atomic E-state index is 0.153. The number of aromatic nitrogens is 5. The van der Waals surface area contributed by atoms with E-state index in [0.717, 1.165) is 17.1 Å². The van der Waals surface area contributed by atoms with Crippen LogP contribution in [0.2, 0.25) is 0 Å². The SMILES string of the molecule is Cc1cc(C(=O)COC(=O)Cn2cnnn2)c(C)n1CC1COc2ccccc2O1. The van der Waals surface area contributed by atoms with Gasteiger partial charge in [0.05, 0.1) is 6.54 Å². The van der Waals surface area contributed by atoms with Gasteiger partial charge in [-0.2, -0.15) is 0 Å². The van der Waals surface area contributed by atoms with E-state index in [4.69, 9.17) is 14.2 Å². The summed E-state index contributed by atoms with van der Waals surface area (Å²) in [5.41, 5.74) is 2.22. The first-order valence-electron chi connectivity index (χ1n) is 9.46. The predicted molar refractivity (Wildman–Crippen MR) is 103 cm³/mol. The molecule has 0 fully saturated rings. The van der Waals surface area contributed by atoms with E-state index in [1.165, 1.54) is 11.0 Å². The summed E-state index contributed by atoms with van der Waals surface area (Å²) in [6.07, 6.45) is 1.12. The molecule has 0 saturated carbocycles. The summed E-state index contributed by atoms with van der Waals surface area (Å²) >= 11 is 0. The van der Waals surface area contributed by atoms with E-state index in [2.05, 4.69) is 15.5 Å². The molecule has 3 aromatic rings. The quantitative estimate of drug-likeness (QED) is 0.423. The van der Waals surface area contributed by atoms with E-state index in [9.17, 15) is 9.59 Å². The van der Waals surface area contributed by atoms with Gasteiger partial charge in [-0.15, -0.1) is 5.10 Å². The van der Waals surface area contributed by atoms with Crippen LogP contribution in [0.5, 0.6) is 11.5 Å². The van der Waals surface area contributed by atoms with Gasteiger partial charge in [-0.05, 0) is 42.5 Å². The molecule has 10 nitrogen and oxygen atoms in total. The minimum Gasteiger partial charge on any atom is -0.486 e. The van der Waals surface area contributed by atoms with Crippen molar-refractivity contribution in [1.82, 2.24) is 24.8 Å². The van der Waals surface area contributed by atoms with E-state index in [1.807, 2.05) is 42.7 Å². The van der Waals surface area contributed by atoms with E-state index in [0.29, 0.717) is 24.5 Å². The zero-order valence-corrected chi connectivity index (χ0v) is 16.6. The Balaban J connectivity index is 1.38. The molecule has 1 aliphatic heterocycles. The van der Waals surface area contributed by atoms with Gasteiger partial charge in [0, 0.05) is 17.0 Å². The number of carbonyl (C=O) groups excluding carboxylic acids is 2. The van der Waals surface area contributed by atoms with Crippen LogP contribution >= 0.6 is 0 Å². The third-order valence-corrected chi connectivity index (χ3v) is 4.87. The number of hydrogen-bond donors (Lipinski definition) is 0. The first-order valence-corrected chi connectivity index (χ1v) is 9.46. The lowest BCUT2D eigenvalue weighted by molar-refractivity contribution is -0.143. The summed E-state index contributed by atoms with van der Waals surface area (Å²) < 4.78 is 20.1. The molecule has 1 aromatic carbocycles. The average Bonchev–Trinajstić information content (AvgIpc) is 3.35. The van der Waals surface area contributed by atoms with Crippen LogP contribution in [0.1, 0.15) is 21.7 Å². The summed E-state index contributed by atoms with van der Waals surface area (Å²) in [6.45, 7) is 4.25. The van der Waals surface area contributed by atoms with Gasteiger partial charge in [-0.25, -0.2) is 4.68 Å². The third kappa shape index (κ3) is 4.17.